The van der Waals surface area contributed by atoms with Crippen LogP contribution in [0.3, 0.4) is 0 Å². The molecule has 0 radical (unpaired) electrons. The standard InChI is InChI=1S/C3H8.C2H6O.C2H6.2CH2O.3CH4.6H3N.H2O/c1-3-2;1-2-3;3*1-2;;;;;;;;;;/h3H2,1-2H3;3H,2H2,1H3;1-2H3;2*1H2;3*1H4;6*1H3;1H2. The number of rotatable bonds is 0. The van der Waals surface area contributed by atoms with Gasteiger partial charge in [-0.05, 0) is 6.92 Å². The van der Waals surface area contributed by atoms with Crippen molar-refractivity contribution in [1.82, 2.24) is 36.9 Å². The summed E-state index contributed by atoms with van der Waals surface area (Å²) in [5.41, 5.74) is 0. The summed E-state index contributed by atoms with van der Waals surface area (Å²) in [6.45, 7) is 14.2. The summed E-state index contributed by atoms with van der Waals surface area (Å²) in [4.78, 5) is 16.0. The second-order valence-corrected chi connectivity index (χ2v) is 1.02. The van der Waals surface area contributed by atoms with Gasteiger partial charge in [0.25, 0.3) is 0 Å². The molecule has 0 fully saturated rings. The molecule has 21 N–H and O–H groups in total. The Morgan fingerprint density at radius 1 is 0.636 bits per heavy atom. The monoisotopic (exact) mass is 348 g/mol. The molecule has 0 bridgehead atoms. The lowest BCUT2D eigenvalue weighted by atomic mass is 10.6. The van der Waals surface area contributed by atoms with Crippen LogP contribution in [0, 0.1) is 0 Å². The summed E-state index contributed by atoms with van der Waals surface area (Å²) in [5.74, 6) is 0. The molecule has 0 atom stereocenters. The maximum Gasteiger partial charge on any atom is 0.106 e. The van der Waals surface area contributed by atoms with E-state index in [4.69, 9.17) is 14.7 Å². The second-order valence-electron chi connectivity index (χ2n) is 1.02. The number of carbonyl (C=O) groups excluding carboxylic acids is 2. The highest BCUT2D eigenvalue weighted by Gasteiger charge is 1.35. The molecule has 0 unspecified atom stereocenters. The van der Waals surface area contributed by atoms with E-state index in [1.165, 1.54) is 6.42 Å². The lowest BCUT2D eigenvalue weighted by Crippen LogP contribution is -1.57. The van der Waals surface area contributed by atoms with E-state index in [0.717, 1.165) is 0 Å². The largest absolute Gasteiger partial charge is 0.412 e. The molecule has 22 heavy (non-hydrogen) atoms. The van der Waals surface area contributed by atoms with Crippen LogP contribution in [0.15, 0.2) is 0 Å². The van der Waals surface area contributed by atoms with Gasteiger partial charge in [0.2, 0.25) is 0 Å². The van der Waals surface area contributed by atoms with Crippen molar-refractivity contribution >= 4 is 13.6 Å². The second kappa shape index (κ2) is 6960. The summed E-state index contributed by atoms with van der Waals surface area (Å²) in [6.07, 6.45) is 1.25. The number of hydrogen-bond donors (Lipinski definition) is 7. The predicted molar refractivity (Wildman–Crippen MR) is 108 cm³/mol. The highest BCUT2D eigenvalue weighted by molar-refractivity contribution is 5.11. The van der Waals surface area contributed by atoms with Gasteiger partial charge in [-0.2, -0.15) is 0 Å². The van der Waals surface area contributed by atoms with Crippen molar-refractivity contribution in [2.45, 2.75) is 63.3 Å². The summed E-state index contributed by atoms with van der Waals surface area (Å²) in [5, 5.41) is 7.57. The Morgan fingerprint density at radius 3 is 0.636 bits per heavy atom. The molecule has 0 amide bonds. The minimum Gasteiger partial charge on any atom is -0.412 e. The SMILES string of the molecule is C.C.C.C=O.C=O.CC.CCC.CCO.N.N.N.N.N.N.O. The fourth-order valence-electron chi connectivity index (χ4n) is 0. The molecule has 0 aliphatic heterocycles. The van der Waals surface area contributed by atoms with Crippen molar-refractivity contribution in [2.24, 2.45) is 0 Å². The Hall–Kier alpha value is -0.980. The summed E-state index contributed by atoms with van der Waals surface area (Å²) < 4.78 is 0. The first-order valence-corrected chi connectivity index (χ1v) is 4.01. The van der Waals surface area contributed by atoms with Crippen molar-refractivity contribution in [2.75, 3.05) is 6.61 Å². The van der Waals surface area contributed by atoms with Crippen molar-refractivity contribution in [3.8, 4) is 0 Å². The molecule has 0 heterocycles. The molecule has 0 aromatic carbocycles. The van der Waals surface area contributed by atoms with E-state index >= 15 is 0 Å². The summed E-state index contributed by atoms with van der Waals surface area (Å²) >= 11 is 0. The fraction of sp³-hybridized carbons (Fsp3) is 0.833. The third kappa shape index (κ3) is 6430. The van der Waals surface area contributed by atoms with Gasteiger partial charge in [-0.25, -0.2) is 0 Å². The molecule has 0 aromatic rings. The molecule has 0 aliphatic carbocycles. The van der Waals surface area contributed by atoms with E-state index in [1.807, 2.05) is 27.4 Å². The molecule has 158 valence electrons. The number of aliphatic hydroxyl groups excluding tert-OH is 1. The van der Waals surface area contributed by atoms with Crippen LogP contribution >= 0.6 is 0 Å². The van der Waals surface area contributed by atoms with Gasteiger partial charge in [-0.3, -0.25) is 0 Å². The van der Waals surface area contributed by atoms with Crippen LogP contribution in [-0.2, 0) is 9.59 Å². The Labute approximate surface area is 141 Å². The zero-order chi connectivity index (χ0) is 11.4. The predicted octanol–water partition coefficient (Wildman–Crippen LogP) is 4.13. The number of hydrogen-bond acceptors (Lipinski definition) is 9. The van der Waals surface area contributed by atoms with Gasteiger partial charge in [-0.15, -0.1) is 0 Å². The molecule has 10 heteroatoms. The van der Waals surface area contributed by atoms with Gasteiger partial charge in [-0.1, -0.05) is 56.4 Å². The van der Waals surface area contributed by atoms with Crippen molar-refractivity contribution in [1.29, 1.82) is 0 Å². The van der Waals surface area contributed by atoms with E-state index in [1.54, 1.807) is 6.92 Å². The van der Waals surface area contributed by atoms with Crippen LogP contribution in [0.2, 0.25) is 0 Å². The lowest BCUT2D eigenvalue weighted by Gasteiger charge is -1.52. The van der Waals surface area contributed by atoms with Gasteiger partial charge in [0.1, 0.15) is 13.6 Å². The third-order valence-electron chi connectivity index (χ3n) is 0. The smallest absolute Gasteiger partial charge is 0.106 e. The average Bonchev–Trinajstić information content (AvgIpc) is 2.16. The minimum absolute atomic E-state index is 0. The van der Waals surface area contributed by atoms with Gasteiger partial charge in [0.05, 0.1) is 0 Å². The molecule has 0 aliphatic rings. The molecule has 0 aromatic heterocycles. The molecule has 10 nitrogen and oxygen atoms in total. The van der Waals surface area contributed by atoms with Crippen molar-refractivity contribution in [3.05, 3.63) is 0 Å². The van der Waals surface area contributed by atoms with E-state index in [0.29, 0.717) is 0 Å². The van der Waals surface area contributed by atoms with Crippen LogP contribution in [0.4, 0.5) is 0 Å². The molecule has 0 saturated heterocycles. The van der Waals surface area contributed by atoms with Gasteiger partial charge >= 0.3 is 0 Å². The molecular formula is C12H56N6O4. The van der Waals surface area contributed by atoms with Crippen LogP contribution in [0.5, 0.6) is 0 Å². The van der Waals surface area contributed by atoms with E-state index in [2.05, 4.69) is 13.8 Å². The maximum absolute atomic E-state index is 8.00. The van der Waals surface area contributed by atoms with E-state index in [9.17, 15) is 0 Å². The maximum atomic E-state index is 8.00. The van der Waals surface area contributed by atoms with Gasteiger partial charge in [0, 0.05) is 6.61 Å². The molecule has 0 saturated carbocycles. The van der Waals surface area contributed by atoms with Crippen LogP contribution < -0.4 is 36.9 Å². The lowest BCUT2D eigenvalue weighted by molar-refractivity contribution is -0.0987. The fourth-order valence-corrected chi connectivity index (χ4v) is 0. The summed E-state index contributed by atoms with van der Waals surface area (Å²) in [7, 11) is 0. The third-order valence-corrected chi connectivity index (χ3v) is 0. The van der Waals surface area contributed by atoms with Gasteiger partial charge < -0.3 is 57.1 Å². The highest BCUT2D eigenvalue weighted by atomic mass is 16.2. The van der Waals surface area contributed by atoms with Crippen LogP contribution in [-0.4, -0.2) is 30.8 Å². The first-order valence-electron chi connectivity index (χ1n) is 4.01. The quantitative estimate of drug-likeness (QED) is 0.330. The minimum atomic E-state index is 0. The Balaban J connectivity index is -0.00000000194. The molecule has 0 spiro atoms. The van der Waals surface area contributed by atoms with Crippen LogP contribution in [0.1, 0.15) is 63.3 Å². The Bertz CT molecular complexity index is 43.6. The van der Waals surface area contributed by atoms with E-state index in [-0.39, 0.29) is 71.3 Å². The van der Waals surface area contributed by atoms with Crippen LogP contribution in [0.25, 0.3) is 0 Å². The zero-order valence-corrected chi connectivity index (χ0v) is 13.8. The van der Waals surface area contributed by atoms with Crippen molar-refractivity contribution < 1.29 is 20.2 Å². The Morgan fingerprint density at radius 2 is 0.636 bits per heavy atom. The van der Waals surface area contributed by atoms with Crippen molar-refractivity contribution in [3.63, 3.8) is 0 Å². The average molecular weight is 349 g/mol. The van der Waals surface area contributed by atoms with Gasteiger partial charge in [0.15, 0.2) is 0 Å². The normalized spacial score (nSPS) is 2.27. The molecule has 0 rings (SSSR count). The zero-order valence-electron chi connectivity index (χ0n) is 13.8. The molecular weight excluding hydrogens is 292 g/mol. The first-order chi connectivity index (χ1) is 5.83. The Kier molecular flexibility index (Phi) is 73600. The summed E-state index contributed by atoms with van der Waals surface area (Å²) in [6, 6.07) is 0. The number of aliphatic hydroxyl groups is 1. The highest BCUT2D eigenvalue weighted by Crippen LogP contribution is 1.56. The van der Waals surface area contributed by atoms with E-state index < -0.39 is 0 Å². The topological polar surface area (TPSA) is 296 Å². The number of carbonyl (C=O) groups is 2. The first kappa shape index (κ1) is 232.